The molecular formula is C23H18N2O5S2. The summed E-state index contributed by atoms with van der Waals surface area (Å²) < 4.78 is 0. The number of allylic oxidation sites excluding steroid dienone is 2. The van der Waals surface area contributed by atoms with E-state index in [9.17, 15) is 19.5 Å². The summed E-state index contributed by atoms with van der Waals surface area (Å²) in [5.41, 5.74) is 2.97. The molecule has 1 aromatic carbocycles. The van der Waals surface area contributed by atoms with Crippen LogP contribution in [0.4, 0.5) is 5.69 Å². The van der Waals surface area contributed by atoms with Crippen LogP contribution < -0.4 is 0 Å². The predicted octanol–water partition coefficient (Wildman–Crippen LogP) is 4.87. The second kappa shape index (κ2) is 8.97. The molecule has 2 aromatic rings. The highest BCUT2D eigenvalue weighted by Gasteiger charge is 2.30. The molecule has 2 aliphatic rings. The van der Waals surface area contributed by atoms with Gasteiger partial charge in [-0.2, -0.15) is 0 Å². The van der Waals surface area contributed by atoms with Gasteiger partial charge in [-0.1, -0.05) is 6.08 Å². The van der Waals surface area contributed by atoms with E-state index >= 15 is 0 Å². The van der Waals surface area contributed by atoms with Crippen molar-refractivity contribution in [2.75, 3.05) is 7.05 Å². The molecule has 1 fully saturated rings. The molecule has 0 spiro atoms. The molecule has 2 N–H and O–H groups in total. The average Bonchev–Trinajstić information content (AvgIpc) is 3.35. The van der Waals surface area contributed by atoms with Crippen LogP contribution >= 0.6 is 23.1 Å². The number of likely N-dealkylation sites (N-methyl/N-ethyl adjacent to an activating group) is 1. The molecule has 0 atom stereocenters. The largest absolute Gasteiger partial charge is 0.478 e. The number of benzene rings is 1. The number of rotatable bonds is 5. The van der Waals surface area contributed by atoms with Crippen molar-refractivity contribution in [3.05, 3.63) is 74.3 Å². The molecule has 32 heavy (non-hydrogen) atoms. The summed E-state index contributed by atoms with van der Waals surface area (Å²) >= 11 is 2.74. The number of nitrogens with zero attached hydrogens (tertiary/aromatic N) is 2. The number of thiophene rings is 1. The maximum Gasteiger partial charge on any atom is 0.335 e. The molecule has 0 saturated carbocycles. The highest BCUT2D eigenvalue weighted by atomic mass is 32.2. The smallest absolute Gasteiger partial charge is 0.335 e. The van der Waals surface area contributed by atoms with Crippen LogP contribution in [0, 0.1) is 0 Å². The van der Waals surface area contributed by atoms with Crippen LogP contribution in [-0.2, 0) is 9.59 Å². The van der Waals surface area contributed by atoms with E-state index in [0.29, 0.717) is 27.8 Å². The average molecular weight is 467 g/mol. The van der Waals surface area contributed by atoms with Gasteiger partial charge in [0.1, 0.15) is 0 Å². The normalized spacial score (nSPS) is 18.8. The minimum absolute atomic E-state index is 0.168. The first-order valence-electron chi connectivity index (χ1n) is 9.64. The molecule has 7 nitrogen and oxygen atoms in total. The number of thioether (sulfide) groups is 1. The summed E-state index contributed by atoms with van der Waals surface area (Å²) in [5, 5.41) is 20.7. The quantitative estimate of drug-likeness (QED) is 0.609. The van der Waals surface area contributed by atoms with E-state index < -0.39 is 11.9 Å². The Morgan fingerprint density at radius 1 is 1.16 bits per heavy atom. The fourth-order valence-electron chi connectivity index (χ4n) is 3.25. The standard InChI is InChI=1S/C23H18N2O5S2/c1-25-20(26)19(32-23(25)24-17-7-5-13(6-8-17)21(27)28)11-18-10-16(12-31-18)14-3-2-4-15(9-14)22(29)30/h4-12H,2-3H2,1H3,(H,27,28)(H,29,30)/b19-11-,24-23?. The van der Waals surface area contributed by atoms with Gasteiger partial charge in [-0.05, 0) is 83.6 Å². The van der Waals surface area contributed by atoms with E-state index in [2.05, 4.69) is 4.99 Å². The Hall–Kier alpha value is -3.43. The lowest BCUT2D eigenvalue weighted by atomic mass is 9.95. The first-order chi connectivity index (χ1) is 15.3. The van der Waals surface area contributed by atoms with Gasteiger partial charge >= 0.3 is 11.9 Å². The van der Waals surface area contributed by atoms with Crippen molar-refractivity contribution in [1.29, 1.82) is 0 Å². The van der Waals surface area contributed by atoms with Crippen molar-refractivity contribution >= 4 is 63.4 Å². The number of amidine groups is 1. The van der Waals surface area contributed by atoms with Gasteiger partial charge in [-0.25, -0.2) is 14.6 Å². The zero-order chi connectivity index (χ0) is 22.8. The third kappa shape index (κ3) is 4.58. The van der Waals surface area contributed by atoms with E-state index in [4.69, 9.17) is 5.11 Å². The number of carboxylic acids is 2. The van der Waals surface area contributed by atoms with Crippen LogP contribution in [0.5, 0.6) is 0 Å². The molecule has 1 amide bonds. The number of carbonyl (C=O) groups is 3. The number of hydrogen-bond acceptors (Lipinski definition) is 6. The molecular weight excluding hydrogens is 448 g/mol. The van der Waals surface area contributed by atoms with Gasteiger partial charge < -0.3 is 10.2 Å². The number of aliphatic carboxylic acids is 1. The lowest BCUT2D eigenvalue weighted by Gasteiger charge is -2.10. The molecule has 162 valence electrons. The number of aromatic carboxylic acids is 1. The van der Waals surface area contributed by atoms with Gasteiger partial charge in [-0.15, -0.1) is 11.3 Å². The Morgan fingerprint density at radius 2 is 1.91 bits per heavy atom. The van der Waals surface area contributed by atoms with Gasteiger partial charge in [-0.3, -0.25) is 9.69 Å². The van der Waals surface area contributed by atoms with Gasteiger partial charge in [0.05, 0.1) is 21.7 Å². The maximum atomic E-state index is 12.7. The molecule has 0 bridgehead atoms. The fraction of sp³-hybridized carbons (Fsp3) is 0.130. The Bertz CT molecular complexity index is 1240. The zero-order valence-corrected chi connectivity index (χ0v) is 18.6. The summed E-state index contributed by atoms with van der Waals surface area (Å²) in [6.07, 6.45) is 6.70. The Kier molecular flexibility index (Phi) is 6.11. The van der Waals surface area contributed by atoms with Crippen molar-refractivity contribution in [2.24, 2.45) is 4.99 Å². The molecule has 1 aliphatic heterocycles. The van der Waals surface area contributed by atoms with Crippen LogP contribution in [0.25, 0.3) is 11.6 Å². The van der Waals surface area contributed by atoms with Crippen LogP contribution in [0.1, 0.15) is 33.6 Å². The topological polar surface area (TPSA) is 107 Å². The third-order valence-corrected chi connectivity index (χ3v) is 6.90. The Labute approximate surface area is 192 Å². The lowest BCUT2D eigenvalue weighted by molar-refractivity contribution is -0.132. The third-order valence-electron chi connectivity index (χ3n) is 4.96. The fourth-order valence-corrected chi connectivity index (χ4v) is 5.16. The number of carboxylic acid groups (broad SMARTS) is 2. The minimum Gasteiger partial charge on any atom is -0.478 e. The number of aliphatic imine (C=N–C) groups is 1. The predicted molar refractivity (Wildman–Crippen MR) is 126 cm³/mol. The summed E-state index contributed by atoms with van der Waals surface area (Å²) in [5.74, 6) is -2.11. The van der Waals surface area contributed by atoms with E-state index in [1.54, 1.807) is 31.3 Å². The molecule has 0 unspecified atom stereocenters. The molecule has 1 aliphatic carbocycles. The summed E-state index contributed by atoms with van der Waals surface area (Å²) in [6.45, 7) is 0. The Balaban J connectivity index is 1.54. The van der Waals surface area contributed by atoms with Crippen LogP contribution in [0.2, 0.25) is 0 Å². The van der Waals surface area contributed by atoms with Crippen molar-refractivity contribution in [3.63, 3.8) is 0 Å². The highest BCUT2D eigenvalue weighted by Crippen LogP contribution is 2.36. The monoisotopic (exact) mass is 466 g/mol. The summed E-state index contributed by atoms with van der Waals surface area (Å²) in [6, 6.07) is 8.10. The van der Waals surface area contributed by atoms with Gasteiger partial charge in [0.2, 0.25) is 0 Å². The van der Waals surface area contributed by atoms with E-state index in [0.717, 1.165) is 22.4 Å². The Morgan fingerprint density at radius 3 is 2.59 bits per heavy atom. The van der Waals surface area contributed by atoms with Crippen molar-refractivity contribution < 1.29 is 24.6 Å². The lowest BCUT2D eigenvalue weighted by Crippen LogP contribution is -2.23. The zero-order valence-electron chi connectivity index (χ0n) is 16.9. The van der Waals surface area contributed by atoms with Gasteiger partial charge in [0.25, 0.3) is 5.91 Å². The first-order valence-corrected chi connectivity index (χ1v) is 11.3. The number of carbonyl (C=O) groups excluding carboxylic acids is 1. The van der Waals surface area contributed by atoms with Crippen LogP contribution in [0.15, 0.2) is 63.3 Å². The van der Waals surface area contributed by atoms with Gasteiger partial charge in [0.15, 0.2) is 5.17 Å². The second-order valence-electron chi connectivity index (χ2n) is 7.13. The number of amides is 1. The minimum atomic E-state index is -1.01. The maximum absolute atomic E-state index is 12.7. The SMILES string of the molecule is CN1C(=O)/C(=C/c2cc(C3=CC(C(=O)O)=CCC3)cs2)SC1=Nc1ccc(C(=O)O)cc1. The molecule has 4 rings (SSSR count). The van der Waals surface area contributed by atoms with Crippen molar-refractivity contribution in [1.82, 2.24) is 4.90 Å². The van der Waals surface area contributed by atoms with E-state index in [1.165, 1.54) is 40.1 Å². The molecule has 9 heteroatoms. The highest BCUT2D eigenvalue weighted by molar-refractivity contribution is 8.18. The molecule has 1 saturated heterocycles. The summed E-state index contributed by atoms with van der Waals surface area (Å²) in [7, 11) is 1.65. The van der Waals surface area contributed by atoms with E-state index in [1.807, 2.05) is 17.5 Å². The molecule has 2 heterocycles. The first kappa shape index (κ1) is 21.8. The van der Waals surface area contributed by atoms with Crippen LogP contribution in [0.3, 0.4) is 0 Å². The van der Waals surface area contributed by atoms with E-state index in [-0.39, 0.29) is 11.5 Å². The molecule has 1 aromatic heterocycles. The van der Waals surface area contributed by atoms with Crippen molar-refractivity contribution in [3.8, 4) is 0 Å². The number of hydrogen-bond donors (Lipinski definition) is 2. The van der Waals surface area contributed by atoms with Crippen molar-refractivity contribution in [2.45, 2.75) is 12.8 Å². The second-order valence-corrected chi connectivity index (χ2v) is 9.08. The molecule has 0 radical (unpaired) electrons. The van der Waals surface area contributed by atoms with Crippen LogP contribution in [-0.4, -0.2) is 45.2 Å². The summed E-state index contributed by atoms with van der Waals surface area (Å²) in [4.78, 5) is 42.3. The van der Waals surface area contributed by atoms with Gasteiger partial charge in [0, 0.05) is 11.9 Å².